The first kappa shape index (κ1) is 16.4. The van der Waals surface area contributed by atoms with Crippen molar-refractivity contribution in [2.45, 2.75) is 17.7 Å². The number of rotatable bonds is 7. The third-order valence-corrected chi connectivity index (χ3v) is 4.46. The number of methoxy groups -OCH3 is 2. The molecule has 3 unspecified atom stereocenters. The van der Waals surface area contributed by atoms with Gasteiger partial charge in [0, 0.05) is 33.9 Å². The molecule has 2 rings (SSSR count). The van der Waals surface area contributed by atoms with Gasteiger partial charge in [-0.05, 0) is 12.6 Å². The van der Waals surface area contributed by atoms with Crippen molar-refractivity contribution in [2.24, 2.45) is 0 Å². The van der Waals surface area contributed by atoms with Gasteiger partial charge in [0.1, 0.15) is 0 Å². The molecular formula is C16H26N2O3. The van der Waals surface area contributed by atoms with Gasteiger partial charge in [0.15, 0.2) is 0 Å². The zero-order chi connectivity index (χ0) is 15.3. The maximum absolute atomic E-state index is 9.98. The second kappa shape index (κ2) is 7.33. The van der Waals surface area contributed by atoms with E-state index in [1.54, 1.807) is 14.2 Å². The molecule has 1 fully saturated rings. The molecule has 118 valence electrons. The summed E-state index contributed by atoms with van der Waals surface area (Å²) in [4.78, 5) is 2.28. The van der Waals surface area contributed by atoms with Crippen LogP contribution in [-0.4, -0.2) is 69.7 Å². The normalized spacial score (nSPS) is 25.9. The fourth-order valence-corrected chi connectivity index (χ4v) is 3.07. The van der Waals surface area contributed by atoms with E-state index in [0.717, 1.165) is 18.7 Å². The van der Waals surface area contributed by atoms with Crippen molar-refractivity contribution in [2.75, 3.05) is 47.5 Å². The molecule has 3 atom stereocenters. The van der Waals surface area contributed by atoms with Crippen molar-refractivity contribution in [3.05, 3.63) is 35.9 Å². The first-order valence-corrected chi connectivity index (χ1v) is 7.32. The van der Waals surface area contributed by atoms with Crippen molar-refractivity contribution in [3.63, 3.8) is 0 Å². The highest BCUT2D eigenvalue weighted by Crippen LogP contribution is 2.25. The quantitative estimate of drug-likeness (QED) is 0.764. The maximum Gasteiger partial charge on any atom is 0.0971 e. The predicted molar refractivity (Wildman–Crippen MR) is 82.3 cm³/mol. The molecule has 1 aromatic carbocycles. The van der Waals surface area contributed by atoms with Gasteiger partial charge in [-0.2, -0.15) is 0 Å². The summed E-state index contributed by atoms with van der Waals surface area (Å²) in [5, 5.41) is 13.3. The Morgan fingerprint density at radius 1 is 1.19 bits per heavy atom. The standard InChI is InChI=1S/C16H26N2O3/c1-17-16(12-19,13-7-5-4-6-8-13)11-18-9-14(20-2)15(10-18)21-3/h4-8,14-15,17,19H,9-12H2,1-3H3. The van der Waals surface area contributed by atoms with E-state index in [1.165, 1.54) is 0 Å². The highest BCUT2D eigenvalue weighted by Gasteiger charge is 2.39. The van der Waals surface area contributed by atoms with Crippen LogP contribution in [0.25, 0.3) is 0 Å². The largest absolute Gasteiger partial charge is 0.394 e. The summed E-state index contributed by atoms with van der Waals surface area (Å²) < 4.78 is 11.0. The maximum atomic E-state index is 9.98. The number of nitrogens with zero attached hydrogens (tertiary/aromatic N) is 1. The zero-order valence-corrected chi connectivity index (χ0v) is 13.1. The second-order valence-electron chi connectivity index (χ2n) is 5.60. The Balaban J connectivity index is 2.14. The van der Waals surface area contributed by atoms with Gasteiger partial charge in [0.25, 0.3) is 0 Å². The SMILES string of the molecule is CNC(CO)(CN1CC(OC)C(OC)C1)c1ccccc1. The van der Waals surface area contributed by atoms with Crippen LogP contribution in [0.5, 0.6) is 0 Å². The van der Waals surface area contributed by atoms with Crippen molar-refractivity contribution in [3.8, 4) is 0 Å². The van der Waals surface area contributed by atoms with Gasteiger partial charge in [-0.3, -0.25) is 4.90 Å². The Morgan fingerprint density at radius 3 is 2.19 bits per heavy atom. The molecule has 5 heteroatoms. The predicted octanol–water partition coefficient (Wildman–Crippen LogP) is 0.439. The number of likely N-dealkylation sites (tertiary alicyclic amines) is 1. The number of benzene rings is 1. The number of hydrogen-bond acceptors (Lipinski definition) is 5. The average Bonchev–Trinajstić information content (AvgIpc) is 2.95. The fraction of sp³-hybridized carbons (Fsp3) is 0.625. The number of aliphatic hydroxyl groups excluding tert-OH is 1. The molecule has 0 saturated carbocycles. The van der Waals surface area contributed by atoms with Crippen LogP contribution in [0.2, 0.25) is 0 Å². The molecule has 1 aromatic rings. The lowest BCUT2D eigenvalue weighted by Crippen LogP contribution is -2.52. The average molecular weight is 294 g/mol. The molecule has 0 amide bonds. The van der Waals surface area contributed by atoms with Gasteiger partial charge < -0.3 is 19.9 Å². The first-order chi connectivity index (χ1) is 10.2. The van der Waals surface area contributed by atoms with E-state index in [-0.39, 0.29) is 18.8 Å². The monoisotopic (exact) mass is 294 g/mol. The van der Waals surface area contributed by atoms with E-state index in [4.69, 9.17) is 9.47 Å². The molecule has 1 saturated heterocycles. The molecule has 21 heavy (non-hydrogen) atoms. The third-order valence-electron chi connectivity index (χ3n) is 4.46. The van der Waals surface area contributed by atoms with Crippen LogP contribution < -0.4 is 5.32 Å². The van der Waals surface area contributed by atoms with E-state index < -0.39 is 5.54 Å². The van der Waals surface area contributed by atoms with Crippen LogP contribution in [0.1, 0.15) is 5.56 Å². The first-order valence-electron chi connectivity index (χ1n) is 7.32. The summed E-state index contributed by atoms with van der Waals surface area (Å²) in [6, 6.07) is 10.1. The van der Waals surface area contributed by atoms with Gasteiger partial charge in [-0.1, -0.05) is 30.3 Å². The van der Waals surface area contributed by atoms with Crippen molar-refractivity contribution < 1.29 is 14.6 Å². The van der Waals surface area contributed by atoms with Gasteiger partial charge in [-0.25, -0.2) is 0 Å². The summed E-state index contributed by atoms with van der Waals surface area (Å²) >= 11 is 0. The molecule has 0 spiro atoms. The number of ether oxygens (including phenoxy) is 2. The molecule has 1 heterocycles. The Kier molecular flexibility index (Phi) is 5.72. The van der Waals surface area contributed by atoms with Gasteiger partial charge in [0.05, 0.1) is 24.4 Å². The molecule has 2 N–H and O–H groups in total. The molecule has 0 radical (unpaired) electrons. The van der Waals surface area contributed by atoms with Gasteiger partial charge in [0.2, 0.25) is 0 Å². The lowest BCUT2D eigenvalue weighted by molar-refractivity contribution is -0.00461. The number of likely N-dealkylation sites (N-methyl/N-ethyl adjacent to an activating group) is 1. The lowest BCUT2D eigenvalue weighted by atomic mass is 9.90. The molecule has 1 aliphatic rings. The van der Waals surface area contributed by atoms with Crippen LogP contribution in [0.4, 0.5) is 0 Å². The highest BCUT2D eigenvalue weighted by atomic mass is 16.5. The minimum atomic E-state index is -0.470. The Morgan fingerprint density at radius 2 is 1.76 bits per heavy atom. The summed E-state index contributed by atoms with van der Waals surface area (Å²) in [6.45, 7) is 2.37. The number of nitrogens with one attached hydrogen (secondary N) is 1. The molecule has 1 aliphatic heterocycles. The van der Waals surface area contributed by atoms with Crippen LogP contribution in [0.3, 0.4) is 0 Å². The van der Waals surface area contributed by atoms with Gasteiger partial charge in [-0.15, -0.1) is 0 Å². The molecule has 0 aromatic heterocycles. The molecule has 0 aliphatic carbocycles. The molecular weight excluding hydrogens is 268 g/mol. The van der Waals surface area contributed by atoms with E-state index in [2.05, 4.69) is 10.2 Å². The van der Waals surface area contributed by atoms with Crippen LogP contribution >= 0.6 is 0 Å². The van der Waals surface area contributed by atoms with Crippen molar-refractivity contribution in [1.29, 1.82) is 0 Å². The fourth-order valence-electron chi connectivity index (χ4n) is 3.07. The minimum absolute atomic E-state index is 0.0410. The Labute approximate surface area is 126 Å². The lowest BCUT2D eigenvalue weighted by Gasteiger charge is -2.36. The van der Waals surface area contributed by atoms with E-state index in [1.807, 2.05) is 37.4 Å². The number of hydrogen-bond donors (Lipinski definition) is 2. The summed E-state index contributed by atoms with van der Waals surface area (Å²) in [5.74, 6) is 0. The third kappa shape index (κ3) is 3.44. The van der Waals surface area contributed by atoms with Gasteiger partial charge >= 0.3 is 0 Å². The highest BCUT2D eigenvalue weighted by molar-refractivity contribution is 5.25. The Bertz CT molecular complexity index is 411. The van der Waals surface area contributed by atoms with Crippen LogP contribution in [-0.2, 0) is 15.0 Å². The van der Waals surface area contributed by atoms with Crippen molar-refractivity contribution >= 4 is 0 Å². The van der Waals surface area contributed by atoms with Crippen molar-refractivity contribution in [1.82, 2.24) is 10.2 Å². The Hall–Kier alpha value is -0.980. The minimum Gasteiger partial charge on any atom is -0.394 e. The topological polar surface area (TPSA) is 54.0 Å². The van der Waals surface area contributed by atoms with E-state index >= 15 is 0 Å². The zero-order valence-electron chi connectivity index (χ0n) is 13.1. The number of aliphatic hydroxyl groups is 1. The summed E-state index contributed by atoms with van der Waals surface area (Å²) in [5.41, 5.74) is 0.618. The molecule has 0 bridgehead atoms. The van der Waals surface area contributed by atoms with E-state index in [0.29, 0.717) is 6.54 Å². The second-order valence-corrected chi connectivity index (χ2v) is 5.60. The van der Waals surface area contributed by atoms with Crippen LogP contribution in [0, 0.1) is 0 Å². The summed E-state index contributed by atoms with van der Waals surface area (Å²) in [7, 11) is 5.32. The smallest absolute Gasteiger partial charge is 0.0971 e. The van der Waals surface area contributed by atoms with Crippen LogP contribution in [0.15, 0.2) is 30.3 Å². The molecule has 5 nitrogen and oxygen atoms in total. The van der Waals surface area contributed by atoms with E-state index in [9.17, 15) is 5.11 Å². The summed E-state index contributed by atoms with van der Waals surface area (Å²) in [6.07, 6.45) is 0.165.